The summed E-state index contributed by atoms with van der Waals surface area (Å²) in [5.74, 6) is 1.08. The van der Waals surface area contributed by atoms with Gasteiger partial charge in [0.1, 0.15) is 0 Å². The molecular formula is C15H22F3N3O2. The zero-order valence-corrected chi connectivity index (χ0v) is 13.2. The second kappa shape index (κ2) is 6.39. The molecule has 0 N–H and O–H groups in total. The normalized spacial score (nSPS) is 24.8. The molecule has 8 heteroatoms. The van der Waals surface area contributed by atoms with Crippen LogP contribution in [0.2, 0.25) is 0 Å². The van der Waals surface area contributed by atoms with Crippen molar-refractivity contribution in [3.05, 3.63) is 11.7 Å². The first-order valence-corrected chi connectivity index (χ1v) is 8.04. The topological polar surface area (TPSA) is 51.4 Å². The number of alkyl halides is 3. The Bertz CT molecular complexity index is 528. The van der Waals surface area contributed by atoms with Crippen molar-refractivity contribution in [2.75, 3.05) is 33.4 Å². The van der Waals surface area contributed by atoms with E-state index in [0.29, 0.717) is 37.8 Å². The highest BCUT2D eigenvalue weighted by atomic mass is 19.4. The molecule has 1 aliphatic heterocycles. The number of likely N-dealkylation sites (tertiary alicyclic amines) is 1. The summed E-state index contributed by atoms with van der Waals surface area (Å²) in [6.07, 6.45) is 0.484. The van der Waals surface area contributed by atoms with Crippen LogP contribution in [0.15, 0.2) is 4.52 Å². The first-order valence-electron chi connectivity index (χ1n) is 8.04. The summed E-state index contributed by atoms with van der Waals surface area (Å²) >= 11 is 0. The molecule has 1 saturated heterocycles. The van der Waals surface area contributed by atoms with E-state index in [4.69, 9.17) is 9.26 Å². The van der Waals surface area contributed by atoms with Gasteiger partial charge in [0.2, 0.25) is 5.89 Å². The molecule has 0 spiro atoms. The molecule has 1 unspecified atom stereocenters. The fourth-order valence-corrected chi connectivity index (χ4v) is 3.53. The third kappa shape index (κ3) is 3.68. The Hall–Kier alpha value is -1.15. The Kier molecular flexibility index (Phi) is 4.64. The predicted octanol–water partition coefficient (Wildman–Crippen LogP) is 2.88. The lowest BCUT2D eigenvalue weighted by molar-refractivity contribution is -0.143. The van der Waals surface area contributed by atoms with Crippen molar-refractivity contribution in [2.45, 2.75) is 49.6 Å². The van der Waals surface area contributed by atoms with Gasteiger partial charge in [-0.2, -0.15) is 18.2 Å². The van der Waals surface area contributed by atoms with Crippen molar-refractivity contribution in [1.82, 2.24) is 15.0 Å². The van der Waals surface area contributed by atoms with Gasteiger partial charge in [0.25, 0.3) is 0 Å². The number of rotatable bonds is 6. The minimum absolute atomic E-state index is 0.0674. The second-order valence-corrected chi connectivity index (χ2v) is 6.67. The van der Waals surface area contributed by atoms with Crippen molar-refractivity contribution in [3.8, 4) is 0 Å². The van der Waals surface area contributed by atoms with E-state index in [-0.39, 0.29) is 11.3 Å². The van der Waals surface area contributed by atoms with Crippen molar-refractivity contribution in [2.24, 2.45) is 0 Å². The maximum atomic E-state index is 12.5. The lowest BCUT2D eigenvalue weighted by Crippen LogP contribution is -2.36. The van der Waals surface area contributed by atoms with Gasteiger partial charge >= 0.3 is 6.18 Å². The van der Waals surface area contributed by atoms with E-state index in [9.17, 15) is 13.2 Å². The summed E-state index contributed by atoms with van der Waals surface area (Å²) in [6.45, 7) is 0.512. The van der Waals surface area contributed by atoms with Gasteiger partial charge in [-0.05, 0) is 32.2 Å². The molecule has 2 fully saturated rings. The average molecular weight is 333 g/mol. The molecule has 23 heavy (non-hydrogen) atoms. The Labute approximate surface area is 133 Å². The third-order valence-corrected chi connectivity index (χ3v) is 5.04. The summed E-state index contributed by atoms with van der Waals surface area (Å²) in [5, 5.41) is 4.13. The molecule has 1 saturated carbocycles. The quantitative estimate of drug-likeness (QED) is 0.801. The molecular weight excluding hydrogens is 311 g/mol. The van der Waals surface area contributed by atoms with Crippen molar-refractivity contribution >= 4 is 0 Å². The van der Waals surface area contributed by atoms with E-state index in [1.165, 1.54) is 4.90 Å². The van der Waals surface area contributed by atoms with Crippen LogP contribution in [-0.2, 0) is 10.2 Å². The summed E-state index contributed by atoms with van der Waals surface area (Å²) < 4.78 is 47.9. The highest BCUT2D eigenvalue weighted by Crippen LogP contribution is 2.45. The van der Waals surface area contributed by atoms with Crippen molar-refractivity contribution in [3.63, 3.8) is 0 Å². The van der Waals surface area contributed by atoms with Gasteiger partial charge in [-0.1, -0.05) is 11.6 Å². The summed E-state index contributed by atoms with van der Waals surface area (Å²) in [5.41, 5.74) is -0.0674. The van der Waals surface area contributed by atoms with E-state index >= 15 is 0 Å². The monoisotopic (exact) mass is 333 g/mol. The zero-order valence-electron chi connectivity index (χ0n) is 13.2. The third-order valence-electron chi connectivity index (χ3n) is 5.04. The smallest absolute Gasteiger partial charge is 0.385 e. The Morgan fingerprint density at radius 3 is 2.78 bits per heavy atom. The fraction of sp³-hybridized carbons (Fsp3) is 0.867. The maximum absolute atomic E-state index is 12.5. The Balaban J connectivity index is 1.63. The number of hydrogen-bond acceptors (Lipinski definition) is 5. The minimum atomic E-state index is -4.16. The molecule has 5 nitrogen and oxygen atoms in total. The van der Waals surface area contributed by atoms with Crippen molar-refractivity contribution in [1.29, 1.82) is 0 Å². The summed E-state index contributed by atoms with van der Waals surface area (Å²) in [6, 6.07) is 0. The van der Waals surface area contributed by atoms with Gasteiger partial charge in [-0.3, -0.25) is 4.90 Å². The van der Waals surface area contributed by atoms with Gasteiger partial charge in [0.05, 0.1) is 12.5 Å². The van der Waals surface area contributed by atoms with Crippen LogP contribution in [0.4, 0.5) is 13.2 Å². The van der Waals surface area contributed by atoms with Crippen LogP contribution in [-0.4, -0.2) is 54.6 Å². The number of aromatic nitrogens is 2. The van der Waals surface area contributed by atoms with Crippen LogP contribution in [0.25, 0.3) is 0 Å². The molecule has 130 valence electrons. The molecule has 2 heterocycles. The van der Waals surface area contributed by atoms with Crippen LogP contribution in [0.3, 0.4) is 0 Å². The van der Waals surface area contributed by atoms with Gasteiger partial charge in [0, 0.05) is 25.7 Å². The lowest BCUT2D eigenvalue weighted by Gasteiger charge is -2.38. The molecule has 3 rings (SSSR count). The molecule has 1 atom stereocenters. The standard InChI is InChI=1S/C15H22F3N3O2/c1-22-8-6-14(4-2-5-14)13-19-12(23-20-13)11-3-7-21(9-11)10-15(16,17)18/h11H,2-10H2,1H3. The zero-order chi connectivity index (χ0) is 16.5. The number of halogens is 3. The molecule has 2 aliphatic rings. The first-order chi connectivity index (χ1) is 10.9. The molecule has 1 aromatic rings. The van der Waals surface area contributed by atoms with E-state index in [2.05, 4.69) is 10.1 Å². The SMILES string of the molecule is COCCC1(c2noc(C3CCN(CC(F)(F)F)C3)n2)CCC1. The van der Waals surface area contributed by atoms with Crippen molar-refractivity contribution < 1.29 is 22.4 Å². The minimum Gasteiger partial charge on any atom is -0.385 e. The van der Waals surface area contributed by atoms with Crippen LogP contribution in [0.1, 0.15) is 49.7 Å². The van der Waals surface area contributed by atoms with Gasteiger partial charge in [-0.25, -0.2) is 0 Å². The van der Waals surface area contributed by atoms with E-state index in [1.807, 2.05) is 0 Å². The van der Waals surface area contributed by atoms with Gasteiger partial charge < -0.3 is 9.26 Å². The molecule has 1 aromatic heterocycles. The predicted molar refractivity (Wildman–Crippen MR) is 76.2 cm³/mol. The summed E-state index contributed by atoms with van der Waals surface area (Å²) in [7, 11) is 1.67. The lowest BCUT2D eigenvalue weighted by atomic mass is 9.66. The largest absolute Gasteiger partial charge is 0.401 e. The highest BCUT2D eigenvalue weighted by molar-refractivity contribution is 5.13. The number of hydrogen-bond donors (Lipinski definition) is 0. The van der Waals surface area contributed by atoms with E-state index in [0.717, 1.165) is 25.7 Å². The summed E-state index contributed by atoms with van der Waals surface area (Å²) in [4.78, 5) is 5.93. The maximum Gasteiger partial charge on any atom is 0.401 e. The fourth-order valence-electron chi connectivity index (χ4n) is 3.53. The number of ether oxygens (including phenoxy) is 1. The molecule has 0 radical (unpaired) electrons. The van der Waals surface area contributed by atoms with E-state index < -0.39 is 12.7 Å². The molecule has 1 aliphatic carbocycles. The first kappa shape index (κ1) is 16.7. The molecule has 0 amide bonds. The van der Waals surface area contributed by atoms with Gasteiger partial charge in [-0.15, -0.1) is 0 Å². The molecule has 0 bridgehead atoms. The number of methoxy groups -OCH3 is 1. The second-order valence-electron chi connectivity index (χ2n) is 6.67. The molecule has 0 aromatic carbocycles. The Morgan fingerprint density at radius 1 is 1.39 bits per heavy atom. The highest BCUT2D eigenvalue weighted by Gasteiger charge is 2.43. The average Bonchev–Trinajstić information content (AvgIpc) is 3.05. The van der Waals surface area contributed by atoms with E-state index in [1.54, 1.807) is 7.11 Å². The number of nitrogens with zero attached hydrogens (tertiary/aromatic N) is 3. The Morgan fingerprint density at radius 2 is 2.17 bits per heavy atom. The van der Waals surface area contributed by atoms with Crippen LogP contribution < -0.4 is 0 Å². The van der Waals surface area contributed by atoms with Crippen LogP contribution in [0, 0.1) is 0 Å². The van der Waals surface area contributed by atoms with Gasteiger partial charge in [0.15, 0.2) is 5.82 Å². The van der Waals surface area contributed by atoms with Crippen LogP contribution >= 0.6 is 0 Å². The van der Waals surface area contributed by atoms with Crippen LogP contribution in [0.5, 0.6) is 0 Å².